The number of carboxylic acid groups (broad SMARTS) is 1. The molecule has 0 bridgehead atoms. The summed E-state index contributed by atoms with van der Waals surface area (Å²) in [5, 5.41) is 8.82. The fourth-order valence-corrected chi connectivity index (χ4v) is 3.64. The molecule has 114 valence electrons. The maximum Gasteiger partial charge on any atom is 0.323 e. The Bertz CT molecular complexity index is 733. The van der Waals surface area contributed by atoms with E-state index in [0.717, 1.165) is 26.7 Å². The van der Waals surface area contributed by atoms with Crippen molar-refractivity contribution in [3.05, 3.63) is 27.1 Å². The van der Waals surface area contributed by atoms with Gasteiger partial charge in [-0.15, -0.1) is 0 Å². The summed E-state index contributed by atoms with van der Waals surface area (Å²) in [7, 11) is 0. The number of thiocarbonyl (C=S) groups is 1. The summed E-state index contributed by atoms with van der Waals surface area (Å²) in [5.41, 5.74) is 0.722. The van der Waals surface area contributed by atoms with Crippen molar-refractivity contribution in [2.45, 2.75) is 0 Å². The van der Waals surface area contributed by atoms with E-state index in [0.29, 0.717) is 16.4 Å². The molecule has 3 rings (SSSR count). The number of thioether (sulfide) groups is 1. The summed E-state index contributed by atoms with van der Waals surface area (Å²) in [6, 6.07) is 3.50. The van der Waals surface area contributed by atoms with Crippen LogP contribution in [0.4, 0.5) is 0 Å². The van der Waals surface area contributed by atoms with Crippen LogP contribution in [0.15, 0.2) is 21.5 Å². The Morgan fingerprint density at radius 3 is 2.82 bits per heavy atom. The van der Waals surface area contributed by atoms with Gasteiger partial charge >= 0.3 is 5.97 Å². The highest BCUT2D eigenvalue weighted by atomic mass is 79.9. The number of carbonyl (C=O) groups excluding carboxylic acids is 1. The van der Waals surface area contributed by atoms with Crippen LogP contribution in [0.3, 0.4) is 0 Å². The molecule has 1 aromatic rings. The Kier molecular flexibility index (Phi) is 4.11. The van der Waals surface area contributed by atoms with Crippen LogP contribution in [0, 0.1) is 0 Å². The number of benzene rings is 1. The van der Waals surface area contributed by atoms with E-state index in [1.165, 1.54) is 0 Å². The number of aliphatic carboxylic acids is 1. The standard InChI is InChI=1S/C13H8BrNO5S2/c14-7-3-9-8(19-5-20-9)1-6(7)2-10-12(18)15(4-11(16)17)13(21)22-10/h1-3H,4-5H2,(H,16,17)/b10-2+. The highest BCUT2D eigenvalue weighted by Crippen LogP contribution is 2.39. The van der Waals surface area contributed by atoms with Crippen LogP contribution in [-0.2, 0) is 9.59 Å². The number of amides is 1. The second-order valence-corrected chi connectivity index (χ2v) is 6.92. The molecular weight excluding hydrogens is 394 g/mol. The monoisotopic (exact) mass is 401 g/mol. The summed E-state index contributed by atoms with van der Waals surface area (Å²) < 4.78 is 11.5. The molecule has 9 heteroatoms. The molecular formula is C13H8BrNO5S2. The zero-order chi connectivity index (χ0) is 15.9. The second-order valence-electron chi connectivity index (χ2n) is 4.39. The predicted molar refractivity (Wildman–Crippen MR) is 87.8 cm³/mol. The molecule has 0 aromatic heterocycles. The molecule has 1 amide bonds. The molecule has 2 aliphatic rings. The van der Waals surface area contributed by atoms with Crippen LogP contribution >= 0.6 is 39.9 Å². The number of carboxylic acids is 1. The van der Waals surface area contributed by atoms with Gasteiger partial charge in [0.1, 0.15) is 10.9 Å². The third-order valence-corrected chi connectivity index (χ3v) is 5.01. The number of rotatable bonds is 3. The molecule has 2 aliphatic heterocycles. The number of fused-ring (bicyclic) bond motifs is 1. The van der Waals surface area contributed by atoms with Crippen LogP contribution in [-0.4, -0.2) is 39.5 Å². The first kappa shape index (κ1) is 15.3. The maximum atomic E-state index is 12.2. The van der Waals surface area contributed by atoms with E-state index in [-0.39, 0.29) is 11.1 Å². The van der Waals surface area contributed by atoms with Gasteiger partial charge in [0.2, 0.25) is 6.79 Å². The number of ether oxygens (including phenoxy) is 2. The number of hydrogen-bond acceptors (Lipinski definition) is 6. The van der Waals surface area contributed by atoms with Crippen molar-refractivity contribution >= 4 is 62.2 Å². The van der Waals surface area contributed by atoms with E-state index < -0.39 is 18.4 Å². The van der Waals surface area contributed by atoms with E-state index >= 15 is 0 Å². The third-order valence-electron chi connectivity index (χ3n) is 2.95. The smallest absolute Gasteiger partial charge is 0.323 e. The zero-order valence-electron chi connectivity index (χ0n) is 10.9. The summed E-state index contributed by atoms with van der Waals surface area (Å²) in [4.78, 5) is 24.4. The number of carbonyl (C=O) groups is 2. The Morgan fingerprint density at radius 1 is 1.45 bits per heavy atom. The Hall–Kier alpha value is -1.58. The summed E-state index contributed by atoms with van der Waals surface area (Å²) >= 11 is 9.53. The molecule has 1 N–H and O–H groups in total. The topological polar surface area (TPSA) is 76.1 Å². The van der Waals surface area contributed by atoms with Gasteiger partial charge in [-0.2, -0.15) is 0 Å². The maximum absolute atomic E-state index is 12.2. The van der Waals surface area contributed by atoms with Crippen molar-refractivity contribution in [2.75, 3.05) is 13.3 Å². The van der Waals surface area contributed by atoms with E-state index in [1.54, 1.807) is 18.2 Å². The fraction of sp³-hybridized carbons (Fsp3) is 0.154. The van der Waals surface area contributed by atoms with Crippen LogP contribution < -0.4 is 9.47 Å². The molecule has 0 radical (unpaired) electrons. The fourth-order valence-electron chi connectivity index (χ4n) is 1.96. The lowest BCUT2D eigenvalue weighted by Gasteiger charge is -2.10. The average molecular weight is 402 g/mol. The van der Waals surface area contributed by atoms with Gasteiger partial charge in [0.25, 0.3) is 5.91 Å². The average Bonchev–Trinajstić information content (AvgIpc) is 2.99. The number of hydrogen-bond donors (Lipinski definition) is 1. The lowest BCUT2D eigenvalue weighted by Crippen LogP contribution is -2.33. The van der Waals surface area contributed by atoms with Crippen LogP contribution in [0.1, 0.15) is 5.56 Å². The molecule has 1 saturated heterocycles. The third kappa shape index (κ3) is 2.83. The SMILES string of the molecule is O=C(O)CN1C(=O)/C(=C\c2cc3c(cc2Br)OCO3)SC1=S. The van der Waals surface area contributed by atoms with E-state index in [4.69, 9.17) is 26.8 Å². The van der Waals surface area contributed by atoms with E-state index in [9.17, 15) is 9.59 Å². The number of nitrogens with zero attached hydrogens (tertiary/aromatic N) is 1. The van der Waals surface area contributed by atoms with Crippen LogP contribution in [0.5, 0.6) is 11.5 Å². The molecule has 0 unspecified atom stereocenters. The summed E-state index contributed by atoms with van der Waals surface area (Å²) in [6.07, 6.45) is 1.65. The Labute approximate surface area is 143 Å². The van der Waals surface area contributed by atoms with Crippen molar-refractivity contribution in [2.24, 2.45) is 0 Å². The van der Waals surface area contributed by atoms with Gasteiger partial charge < -0.3 is 14.6 Å². The van der Waals surface area contributed by atoms with Gasteiger partial charge in [-0.1, -0.05) is 39.9 Å². The molecule has 1 fully saturated rings. The van der Waals surface area contributed by atoms with Crippen molar-refractivity contribution in [1.82, 2.24) is 4.90 Å². The minimum Gasteiger partial charge on any atom is -0.480 e. The van der Waals surface area contributed by atoms with Gasteiger partial charge in [-0.3, -0.25) is 14.5 Å². The molecule has 0 atom stereocenters. The zero-order valence-corrected chi connectivity index (χ0v) is 14.1. The van der Waals surface area contributed by atoms with Gasteiger partial charge in [0.05, 0.1) is 4.91 Å². The van der Waals surface area contributed by atoms with E-state index in [1.807, 2.05) is 0 Å². The first-order valence-electron chi connectivity index (χ1n) is 6.02. The Morgan fingerprint density at radius 2 is 2.14 bits per heavy atom. The molecule has 22 heavy (non-hydrogen) atoms. The van der Waals surface area contributed by atoms with Crippen molar-refractivity contribution in [3.8, 4) is 11.5 Å². The van der Waals surface area contributed by atoms with Crippen molar-refractivity contribution in [1.29, 1.82) is 0 Å². The summed E-state index contributed by atoms with van der Waals surface area (Å²) in [5.74, 6) is -0.304. The predicted octanol–water partition coefficient (Wildman–Crippen LogP) is 2.46. The van der Waals surface area contributed by atoms with Crippen molar-refractivity contribution in [3.63, 3.8) is 0 Å². The highest BCUT2D eigenvalue weighted by Gasteiger charge is 2.33. The first-order valence-corrected chi connectivity index (χ1v) is 8.04. The van der Waals surface area contributed by atoms with Crippen LogP contribution in [0.25, 0.3) is 6.08 Å². The molecule has 0 saturated carbocycles. The van der Waals surface area contributed by atoms with Crippen molar-refractivity contribution < 1.29 is 24.2 Å². The van der Waals surface area contributed by atoms with Gasteiger partial charge in [0.15, 0.2) is 11.5 Å². The Balaban J connectivity index is 1.91. The number of halogens is 1. The largest absolute Gasteiger partial charge is 0.480 e. The minimum atomic E-state index is -1.11. The molecule has 2 heterocycles. The molecule has 0 spiro atoms. The first-order chi connectivity index (χ1) is 10.5. The lowest BCUT2D eigenvalue weighted by atomic mass is 10.2. The van der Waals surface area contributed by atoms with Crippen LogP contribution in [0.2, 0.25) is 0 Å². The van der Waals surface area contributed by atoms with Gasteiger partial charge in [0, 0.05) is 4.47 Å². The summed E-state index contributed by atoms with van der Waals surface area (Å²) in [6.45, 7) is -0.281. The molecule has 6 nitrogen and oxygen atoms in total. The quantitative estimate of drug-likeness (QED) is 0.615. The van der Waals surface area contributed by atoms with Gasteiger partial charge in [-0.05, 0) is 23.8 Å². The van der Waals surface area contributed by atoms with Gasteiger partial charge in [-0.25, -0.2) is 0 Å². The molecule has 1 aromatic carbocycles. The minimum absolute atomic E-state index is 0.159. The lowest BCUT2D eigenvalue weighted by molar-refractivity contribution is -0.140. The van der Waals surface area contributed by atoms with E-state index in [2.05, 4.69) is 15.9 Å². The molecule has 0 aliphatic carbocycles. The second kappa shape index (κ2) is 5.90. The highest BCUT2D eigenvalue weighted by molar-refractivity contribution is 9.10. The normalized spacial score (nSPS) is 18.4.